The molecule has 2 N–H and O–H groups in total. The molecule has 0 unspecified atom stereocenters. The van der Waals surface area contributed by atoms with E-state index in [0.717, 1.165) is 25.9 Å². The number of carbonyl (C=O) groups is 2. The molecule has 0 atom stereocenters. The van der Waals surface area contributed by atoms with Gasteiger partial charge in [-0.25, -0.2) is 4.98 Å². The fraction of sp³-hybridized carbons (Fsp3) is 0.333. The Hall–Kier alpha value is -3.56. The van der Waals surface area contributed by atoms with Crippen LogP contribution in [0.5, 0.6) is 0 Å². The Labute approximate surface area is 161 Å². The van der Waals surface area contributed by atoms with E-state index in [4.69, 9.17) is 0 Å². The fourth-order valence-electron chi connectivity index (χ4n) is 3.00. The van der Waals surface area contributed by atoms with Crippen molar-refractivity contribution >= 4 is 23.2 Å². The molecule has 0 radical (unpaired) electrons. The normalized spacial score (nSPS) is 13.2. The maximum atomic E-state index is 12.3. The van der Waals surface area contributed by atoms with Crippen molar-refractivity contribution < 1.29 is 14.5 Å². The van der Waals surface area contributed by atoms with E-state index in [-0.39, 0.29) is 30.0 Å². The van der Waals surface area contributed by atoms with Crippen molar-refractivity contribution in [2.75, 3.05) is 31.1 Å². The zero-order chi connectivity index (χ0) is 19.9. The lowest BCUT2D eigenvalue weighted by Crippen LogP contribution is -2.35. The largest absolute Gasteiger partial charge is 0.366 e. The van der Waals surface area contributed by atoms with E-state index in [1.165, 1.54) is 24.7 Å². The molecule has 10 nitrogen and oxygen atoms in total. The maximum Gasteiger partial charge on any atom is 0.293 e. The lowest BCUT2D eigenvalue weighted by molar-refractivity contribution is -0.384. The number of benzene rings is 1. The van der Waals surface area contributed by atoms with Crippen molar-refractivity contribution in [1.29, 1.82) is 0 Å². The van der Waals surface area contributed by atoms with Gasteiger partial charge in [0.1, 0.15) is 11.4 Å². The highest BCUT2D eigenvalue weighted by Gasteiger charge is 2.23. The number of anilines is 1. The molecule has 1 aliphatic heterocycles. The van der Waals surface area contributed by atoms with E-state index in [9.17, 15) is 19.7 Å². The minimum Gasteiger partial charge on any atom is -0.366 e. The van der Waals surface area contributed by atoms with Gasteiger partial charge in [0.05, 0.1) is 11.1 Å². The Kier molecular flexibility index (Phi) is 6.10. The second-order valence-electron chi connectivity index (χ2n) is 6.26. The summed E-state index contributed by atoms with van der Waals surface area (Å²) in [7, 11) is 0. The minimum atomic E-state index is -0.467. The number of aromatic nitrogens is 2. The van der Waals surface area contributed by atoms with Crippen LogP contribution in [0.15, 0.2) is 36.8 Å². The first-order chi connectivity index (χ1) is 13.6. The molecule has 1 fully saturated rings. The quantitative estimate of drug-likeness (QED) is 0.416. The molecule has 3 rings (SSSR count). The number of hydrogen-bond donors (Lipinski definition) is 2. The number of nitrogens with one attached hydrogen (secondary N) is 2. The van der Waals surface area contributed by atoms with Gasteiger partial charge in [-0.1, -0.05) is 0 Å². The Morgan fingerprint density at radius 3 is 2.46 bits per heavy atom. The summed E-state index contributed by atoms with van der Waals surface area (Å²) in [6, 6.07) is 4.49. The third-order valence-corrected chi connectivity index (χ3v) is 4.37. The highest BCUT2D eigenvalue weighted by Crippen LogP contribution is 2.31. The predicted molar refractivity (Wildman–Crippen MR) is 101 cm³/mol. The number of nitro groups is 1. The summed E-state index contributed by atoms with van der Waals surface area (Å²) >= 11 is 0. The predicted octanol–water partition coefficient (Wildman–Crippen LogP) is 1.14. The molecule has 10 heteroatoms. The Morgan fingerprint density at radius 2 is 1.82 bits per heavy atom. The standard InChI is InChI=1S/C18H20N6O4/c25-17(21-7-8-22-18(26)14-12-19-5-6-20-14)13-3-4-15(16(11-13)24(27)28)23-9-1-2-10-23/h3-6,11-12H,1-2,7-10H2,(H,21,25)(H,22,26). The summed E-state index contributed by atoms with van der Waals surface area (Å²) in [5.74, 6) is -0.835. The number of amides is 2. The van der Waals surface area contributed by atoms with Gasteiger partial charge >= 0.3 is 0 Å². The van der Waals surface area contributed by atoms with E-state index in [2.05, 4.69) is 20.6 Å². The topological polar surface area (TPSA) is 130 Å². The Bertz CT molecular complexity index is 868. The number of rotatable bonds is 7. The number of nitrogens with zero attached hydrogens (tertiary/aromatic N) is 4. The molecule has 1 saturated heterocycles. The van der Waals surface area contributed by atoms with Crippen LogP contribution in [0.3, 0.4) is 0 Å². The molecule has 28 heavy (non-hydrogen) atoms. The average Bonchev–Trinajstić information content (AvgIpc) is 3.25. The number of nitro benzene ring substituents is 1. The molecule has 146 valence electrons. The van der Waals surface area contributed by atoms with E-state index in [1.807, 2.05) is 4.90 Å². The highest BCUT2D eigenvalue weighted by atomic mass is 16.6. The first kappa shape index (κ1) is 19.2. The molecule has 2 aromatic rings. The Morgan fingerprint density at radius 1 is 1.11 bits per heavy atom. The third kappa shape index (κ3) is 4.58. The van der Waals surface area contributed by atoms with E-state index >= 15 is 0 Å². The summed E-state index contributed by atoms with van der Waals surface area (Å²) < 4.78 is 0. The van der Waals surface area contributed by atoms with Gasteiger partial charge in [0.25, 0.3) is 17.5 Å². The van der Waals surface area contributed by atoms with Crippen LogP contribution in [0.2, 0.25) is 0 Å². The number of carbonyl (C=O) groups excluding carboxylic acids is 2. The molecule has 0 spiro atoms. The van der Waals surface area contributed by atoms with Gasteiger partial charge < -0.3 is 15.5 Å². The van der Waals surface area contributed by atoms with Crippen molar-refractivity contribution in [3.05, 3.63) is 58.2 Å². The van der Waals surface area contributed by atoms with Gasteiger partial charge in [-0.2, -0.15) is 0 Å². The first-order valence-electron chi connectivity index (χ1n) is 8.92. The molecule has 1 aromatic carbocycles. The first-order valence-corrected chi connectivity index (χ1v) is 8.92. The Balaban J connectivity index is 1.56. The van der Waals surface area contributed by atoms with Crippen LogP contribution in [0.25, 0.3) is 0 Å². The summed E-state index contributed by atoms with van der Waals surface area (Å²) in [6.07, 6.45) is 6.22. The minimum absolute atomic E-state index is 0.0782. The average molecular weight is 384 g/mol. The van der Waals surface area contributed by atoms with Crippen molar-refractivity contribution in [2.24, 2.45) is 0 Å². The van der Waals surface area contributed by atoms with Crippen molar-refractivity contribution in [3.8, 4) is 0 Å². The van der Waals surface area contributed by atoms with Crippen LogP contribution < -0.4 is 15.5 Å². The van der Waals surface area contributed by atoms with E-state index in [1.54, 1.807) is 12.1 Å². The monoisotopic (exact) mass is 384 g/mol. The molecule has 1 aliphatic rings. The van der Waals surface area contributed by atoms with Crippen molar-refractivity contribution in [1.82, 2.24) is 20.6 Å². The zero-order valence-corrected chi connectivity index (χ0v) is 15.1. The lowest BCUT2D eigenvalue weighted by Gasteiger charge is -2.17. The van der Waals surface area contributed by atoms with Gasteiger partial charge in [-0.3, -0.25) is 24.7 Å². The smallest absolute Gasteiger partial charge is 0.293 e. The number of hydrogen-bond acceptors (Lipinski definition) is 7. The summed E-state index contributed by atoms with van der Waals surface area (Å²) in [5.41, 5.74) is 0.845. The summed E-state index contributed by atoms with van der Waals surface area (Å²) in [6.45, 7) is 1.91. The molecule has 2 amide bonds. The molecular formula is C18H20N6O4. The second kappa shape index (κ2) is 8.89. The third-order valence-electron chi connectivity index (χ3n) is 4.37. The second-order valence-corrected chi connectivity index (χ2v) is 6.26. The molecular weight excluding hydrogens is 364 g/mol. The summed E-state index contributed by atoms with van der Waals surface area (Å²) in [5, 5.41) is 16.7. The van der Waals surface area contributed by atoms with Gasteiger partial charge in [-0.15, -0.1) is 0 Å². The molecule has 2 heterocycles. The van der Waals surface area contributed by atoms with Gasteiger partial charge in [0.15, 0.2) is 0 Å². The zero-order valence-electron chi connectivity index (χ0n) is 15.1. The van der Waals surface area contributed by atoms with Crippen LogP contribution in [0.1, 0.15) is 33.7 Å². The molecule has 0 saturated carbocycles. The van der Waals surface area contributed by atoms with Crippen LogP contribution in [0, 0.1) is 10.1 Å². The van der Waals surface area contributed by atoms with Gasteiger partial charge in [-0.05, 0) is 25.0 Å². The van der Waals surface area contributed by atoms with E-state index in [0.29, 0.717) is 5.69 Å². The van der Waals surface area contributed by atoms with E-state index < -0.39 is 16.7 Å². The van der Waals surface area contributed by atoms with Crippen LogP contribution in [0.4, 0.5) is 11.4 Å². The molecule has 0 aliphatic carbocycles. The highest BCUT2D eigenvalue weighted by molar-refractivity contribution is 5.96. The van der Waals surface area contributed by atoms with Crippen LogP contribution in [-0.2, 0) is 0 Å². The van der Waals surface area contributed by atoms with Gasteiger partial charge in [0.2, 0.25) is 0 Å². The summed E-state index contributed by atoms with van der Waals surface area (Å²) in [4.78, 5) is 44.7. The maximum absolute atomic E-state index is 12.3. The van der Waals surface area contributed by atoms with Gasteiger partial charge in [0, 0.05) is 50.2 Å². The SMILES string of the molecule is O=C(NCCNC(=O)c1cnccn1)c1ccc(N2CCCC2)c([N+](=O)[O-])c1. The van der Waals surface area contributed by atoms with Crippen molar-refractivity contribution in [3.63, 3.8) is 0 Å². The fourth-order valence-corrected chi connectivity index (χ4v) is 3.00. The lowest BCUT2D eigenvalue weighted by atomic mass is 10.1. The van der Waals surface area contributed by atoms with Crippen molar-refractivity contribution in [2.45, 2.75) is 12.8 Å². The molecule has 1 aromatic heterocycles. The van der Waals surface area contributed by atoms with Crippen LogP contribution in [-0.4, -0.2) is 52.9 Å². The molecule has 0 bridgehead atoms. The van der Waals surface area contributed by atoms with Crippen LogP contribution >= 0.6 is 0 Å².